The van der Waals surface area contributed by atoms with Crippen LogP contribution in [0.3, 0.4) is 0 Å². The molecule has 27 heavy (non-hydrogen) atoms. The first-order valence-corrected chi connectivity index (χ1v) is 10.00. The average Bonchev–Trinajstić information content (AvgIpc) is 2.68. The number of amides is 1. The molecule has 6 heteroatoms. The first-order chi connectivity index (χ1) is 13.2. The number of hydrogen-bond acceptors (Lipinski definition) is 4. The van der Waals surface area contributed by atoms with Gasteiger partial charge in [0.1, 0.15) is 5.82 Å². The van der Waals surface area contributed by atoms with Crippen molar-refractivity contribution in [2.24, 2.45) is 0 Å². The second-order valence-corrected chi connectivity index (χ2v) is 7.45. The quantitative estimate of drug-likeness (QED) is 0.580. The van der Waals surface area contributed by atoms with E-state index in [0.29, 0.717) is 6.54 Å². The minimum absolute atomic E-state index is 0.00288. The Balaban J connectivity index is 1.50. The van der Waals surface area contributed by atoms with Crippen LogP contribution in [0.25, 0.3) is 0 Å². The van der Waals surface area contributed by atoms with Crippen LogP contribution >= 0.6 is 11.8 Å². The van der Waals surface area contributed by atoms with Gasteiger partial charge in [-0.25, -0.2) is 4.39 Å². The zero-order valence-corrected chi connectivity index (χ0v) is 16.1. The number of para-hydroxylation sites is 1. The fourth-order valence-corrected chi connectivity index (χ4v) is 3.80. The lowest BCUT2D eigenvalue weighted by Crippen LogP contribution is -2.48. The Kier molecular flexibility index (Phi) is 6.90. The summed E-state index contributed by atoms with van der Waals surface area (Å²) in [6, 6.07) is 14.4. The second kappa shape index (κ2) is 9.58. The number of thioether (sulfide) groups is 1. The monoisotopic (exact) mass is 385 g/mol. The number of halogens is 1. The lowest BCUT2D eigenvalue weighted by Gasteiger charge is -2.35. The van der Waals surface area contributed by atoms with Gasteiger partial charge in [-0.15, -0.1) is 18.3 Å². The molecule has 2 aromatic carbocycles. The first kappa shape index (κ1) is 19.5. The Morgan fingerprint density at radius 3 is 2.52 bits per heavy atom. The Labute approximate surface area is 164 Å². The topological polar surface area (TPSA) is 35.6 Å². The molecular formula is C21H24FN3OS. The third-order valence-electron chi connectivity index (χ3n) is 4.45. The number of carbonyl (C=O) groups excluding carboxylic acids is 1. The van der Waals surface area contributed by atoms with Crippen LogP contribution in [0.4, 0.5) is 15.8 Å². The van der Waals surface area contributed by atoms with Crippen molar-refractivity contribution in [2.45, 2.75) is 4.90 Å². The molecule has 0 aromatic heterocycles. The zero-order valence-electron chi connectivity index (χ0n) is 15.2. The summed E-state index contributed by atoms with van der Waals surface area (Å²) in [5.74, 6) is 0.579. The largest absolute Gasteiger partial charge is 0.369 e. The van der Waals surface area contributed by atoms with Gasteiger partial charge in [-0.1, -0.05) is 18.2 Å². The van der Waals surface area contributed by atoms with Gasteiger partial charge in [-0.3, -0.25) is 9.69 Å². The van der Waals surface area contributed by atoms with E-state index in [-0.39, 0.29) is 11.7 Å². The lowest BCUT2D eigenvalue weighted by molar-refractivity contribution is -0.117. The Bertz CT molecular complexity index is 773. The molecule has 0 bridgehead atoms. The van der Waals surface area contributed by atoms with Crippen molar-refractivity contribution in [3.8, 4) is 0 Å². The first-order valence-electron chi connectivity index (χ1n) is 9.01. The molecule has 4 nitrogen and oxygen atoms in total. The minimum Gasteiger partial charge on any atom is -0.369 e. The number of anilines is 2. The molecule has 1 heterocycles. The maximum absolute atomic E-state index is 13.1. The predicted molar refractivity (Wildman–Crippen MR) is 111 cm³/mol. The highest BCUT2D eigenvalue weighted by Gasteiger charge is 2.19. The number of rotatable bonds is 7. The van der Waals surface area contributed by atoms with Crippen LogP contribution < -0.4 is 10.2 Å². The summed E-state index contributed by atoms with van der Waals surface area (Å²) in [5, 5.41) is 3.02. The molecule has 0 atom stereocenters. The average molecular weight is 386 g/mol. The summed E-state index contributed by atoms with van der Waals surface area (Å²) in [7, 11) is 0. The van der Waals surface area contributed by atoms with Gasteiger partial charge in [0.05, 0.1) is 12.2 Å². The number of hydrogen-bond donors (Lipinski definition) is 1. The molecule has 3 rings (SSSR count). The highest BCUT2D eigenvalue weighted by Crippen LogP contribution is 2.27. The molecule has 0 unspecified atom stereocenters. The molecule has 1 N–H and O–H groups in total. The van der Waals surface area contributed by atoms with Gasteiger partial charge in [0.25, 0.3) is 0 Å². The standard InChI is InChI=1S/C21H24FN3OS/c1-2-15-27-20-6-4-3-5-19(20)23-21(26)16-24-11-13-25(14-12-24)18-9-7-17(22)8-10-18/h2-10H,1,11-16H2,(H,23,26). The fraction of sp³-hybridized carbons (Fsp3) is 0.286. The van der Waals surface area contributed by atoms with Gasteiger partial charge >= 0.3 is 0 Å². The molecule has 1 aliphatic rings. The van der Waals surface area contributed by atoms with E-state index >= 15 is 0 Å². The number of nitrogens with one attached hydrogen (secondary N) is 1. The Morgan fingerprint density at radius 1 is 1.11 bits per heavy atom. The van der Waals surface area contributed by atoms with Crippen LogP contribution in [0.5, 0.6) is 0 Å². The molecule has 1 aliphatic heterocycles. The molecule has 0 aliphatic carbocycles. The molecule has 0 spiro atoms. The van der Waals surface area contributed by atoms with E-state index in [1.165, 1.54) is 12.1 Å². The number of nitrogens with zero attached hydrogens (tertiary/aromatic N) is 2. The third-order valence-corrected chi connectivity index (χ3v) is 5.52. The van der Waals surface area contributed by atoms with Crippen molar-refractivity contribution in [1.29, 1.82) is 0 Å². The zero-order chi connectivity index (χ0) is 19.1. The second-order valence-electron chi connectivity index (χ2n) is 6.38. The SMILES string of the molecule is C=CCSc1ccccc1NC(=O)CN1CCN(c2ccc(F)cc2)CC1. The normalized spacial score (nSPS) is 14.8. The molecule has 0 saturated carbocycles. The Hall–Kier alpha value is -2.31. The van der Waals surface area contributed by atoms with Crippen LogP contribution in [0.2, 0.25) is 0 Å². The molecule has 1 saturated heterocycles. The number of piperazine rings is 1. The summed E-state index contributed by atoms with van der Waals surface area (Å²) in [6.45, 7) is 7.37. The molecule has 142 valence electrons. The minimum atomic E-state index is -0.222. The molecular weight excluding hydrogens is 361 g/mol. The summed E-state index contributed by atoms with van der Waals surface area (Å²) in [5.41, 5.74) is 1.87. The van der Waals surface area contributed by atoms with Crippen LogP contribution in [-0.2, 0) is 4.79 Å². The van der Waals surface area contributed by atoms with E-state index in [2.05, 4.69) is 21.7 Å². The van der Waals surface area contributed by atoms with Crippen LogP contribution in [0.15, 0.2) is 66.1 Å². The lowest BCUT2D eigenvalue weighted by atomic mass is 10.2. The van der Waals surface area contributed by atoms with Gasteiger partial charge in [0, 0.05) is 42.5 Å². The summed E-state index contributed by atoms with van der Waals surface area (Å²) in [4.78, 5) is 17.9. The molecule has 1 amide bonds. The van der Waals surface area contributed by atoms with Crippen molar-refractivity contribution in [1.82, 2.24) is 4.90 Å². The summed E-state index contributed by atoms with van der Waals surface area (Å²) >= 11 is 1.65. The molecule has 0 radical (unpaired) electrons. The van der Waals surface area contributed by atoms with Gasteiger partial charge < -0.3 is 10.2 Å². The van der Waals surface area contributed by atoms with Gasteiger partial charge in [-0.05, 0) is 36.4 Å². The van der Waals surface area contributed by atoms with E-state index in [9.17, 15) is 9.18 Å². The van der Waals surface area contributed by atoms with E-state index < -0.39 is 0 Å². The van der Waals surface area contributed by atoms with Crippen LogP contribution in [0, 0.1) is 5.82 Å². The number of benzene rings is 2. The predicted octanol–water partition coefficient (Wildman–Crippen LogP) is 3.86. The molecule has 1 fully saturated rings. The number of carbonyl (C=O) groups is 1. The summed E-state index contributed by atoms with van der Waals surface area (Å²) < 4.78 is 13.1. The maximum atomic E-state index is 13.1. The van der Waals surface area contributed by atoms with E-state index in [0.717, 1.165) is 48.2 Å². The van der Waals surface area contributed by atoms with Crippen molar-refractivity contribution in [2.75, 3.05) is 48.7 Å². The van der Waals surface area contributed by atoms with E-state index in [4.69, 9.17) is 0 Å². The molecule has 2 aromatic rings. The fourth-order valence-electron chi connectivity index (χ4n) is 3.05. The Morgan fingerprint density at radius 2 is 1.81 bits per heavy atom. The summed E-state index contributed by atoms with van der Waals surface area (Å²) in [6.07, 6.45) is 1.85. The van der Waals surface area contributed by atoms with Crippen LogP contribution in [-0.4, -0.2) is 49.3 Å². The van der Waals surface area contributed by atoms with Crippen molar-refractivity contribution < 1.29 is 9.18 Å². The van der Waals surface area contributed by atoms with E-state index in [1.54, 1.807) is 23.9 Å². The van der Waals surface area contributed by atoms with Crippen LogP contribution in [0.1, 0.15) is 0 Å². The maximum Gasteiger partial charge on any atom is 0.238 e. The smallest absolute Gasteiger partial charge is 0.238 e. The van der Waals surface area contributed by atoms with Crippen molar-refractivity contribution >= 4 is 29.0 Å². The van der Waals surface area contributed by atoms with Gasteiger partial charge in [0.2, 0.25) is 5.91 Å². The van der Waals surface area contributed by atoms with Gasteiger partial charge in [-0.2, -0.15) is 0 Å². The van der Waals surface area contributed by atoms with E-state index in [1.807, 2.05) is 30.3 Å². The van der Waals surface area contributed by atoms with Crippen molar-refractivity contribution in [3.63, 3.8) is 0 Å². The highest BCUT2D eigenvalue weighted by molar-refractivity contribution is 7.99. The third kappa shape index (κ3) is 5.58. The highest BCUT2D eigenvalue weighted by atomic mass is 32.2. The van der Waals surface area contributed by atoms with Crippen molar-refractivity contribution in [3.05, 3.63) is 67.0 Å². The van der Waals surface area contributed by atoms with Gasteiger partial charge in [0.15, 0.2) is 0 Å².